The molecule has 0 aliphatic rings. The Hall–Kier alpha value is -1.94. The summed E-state index contributed by atoms with van der Waals surface area (Å²) in [5.74, 6) is 0.815. The van der Waals surface area contributed by atoms with E-state index in [-0.39, 0.29) is 25.7 Å². The molecular formula is C69H134O17P2. The molecule has 0 aromatic carbocycles. The summed E-state index contributed by atoms with van der Waals surface area (Å²) in [6.07, 6.45) is 40.5. The third-order valence-electron chi connectivity index (χ3n) is 16.2. The first-order chi connectivity index (χ1) is 42.1. The van der Waals surface area contributed by atoms with E-state index >= 15 is 0 Å². The number of carbonyl (C=O) groups excluding carboxylic acids is 4. The van der Waals surface area contributed by atoms with Crippen molar-refractivity contribution < 1.29 is 80.2 Å². The van der Waals surface area contributed by atoms with Crippen molar-refractivity contribution in [2.45, 2.75) is 356 Å². The van der Waals surface area contributed by atoms with E-state index in [1.54, 1.807) is 0 Å². The molecule has 0 aliphatic carbocycles. The van der Waals surface area contributed by atoms with Gasteiger partial charge < -0.3 is 33.8 Å². The molecule has 0 radical (unpaired) electrons. The van der Waals surface area contributed by atoms with Gasteiger partial charge in [0.15, 0.2) is 12.2 Å². The molecule has 17 nitrogen and oxygen atoms in total. The first-order valence-corrected chi connectivity index (χ1v) is 38.7. The van der Waals surface area contributed by atoms with Crippen LogP contribution in [0.15, 0.2) is 0 Å². The third-order valence-corrected chi connectivity index (χ3v) is 18.1. The van der Waals surface area contributed by atoms with Crippen LogP contribution in [0.1, 0.15) is 338 Å². The van der Waals surface area contributed by atoms with Crippen LogP contribution in [0.2, 0.25) is 0 Å². The number of unbranched alkanes of at least 4 members (excludes halogenated alkanes) is 31. The van der Waals surface area contributed by atoms with Gasteiger partial charge in [-0.15, -0.1) is 0 Å². The first-order valence-electron chi connectivity index (χ1n) is 35.7. The number of hydrogen-bond donors (Lipinski definition) is 3. The number of phosphoric ester groups is 2. The monoisotopic (exact) mass is 1300 g/mol. The van der Waals surface area contributed by atoms with Gasteiger partial charge in [0.2, 0.25) is 0 Å². The first kappa shape index (κ1) is 86.1. The maximum atomic E-state index is 13.0. The SMILES string of the molecule is CCC(C)CCCCCCCCC(=O)OC[C@H](COP(=O)(O)OC[C@@H](O)COP(=O)(O)OC[C@@H](COC(=O)CCCCCCCCC(C)C)OC(=O)CCCCCCCCCCCCC(C)C)OC(=O)CCCCCCCCCCCCCCCC(C)C. The lowest BCUT2D eigenvalue weighted by Gasteiger charge is -2.21. The Morgan fingerprint density at radius 3 is 0.807 bits per heavy atom. The Bertz CT molecular complexity index is 1750. The van der Waals surface area contributed by atoms with E-state index in [1.165, 1.54) is 128 Å². The average molecular weight is 1300 g/mol. The molecule has 0 aliphatic heterocycles. The largest absolute Gasteiger partial charge is 0.472 e. The summed E-state index contributed by atoms with van der Waals surface area (Å²) >= 11 is 0. The second kappa shape index (κ2) is 58.8. The van der Waals surface area contributed by atoms with Crippen molar-refractivity contribution in [2.24, 2.45) is 23.7 Å². The fourth-order valence-corrected chi connectivity index (χ4v) is 11.9. The predicted molar refractivity (Wildman–Crippen MR) is 354 cm³/mol. The summed E-state index contributed by atoms with van der Waals surface area (Å²) < 4.78 is 68.2. The van der Waals surface area contributed by atoms with E-state index in [2.05, 4.69) is 55.4 Å². The molecule has 0 aromatic heterocycles. The Morgan fingerprint density at radius 1 is 0.318 bits per heavy atom. The topological polar surface area (TPSA) is 237 Å². The lowest BCUT2D eigenvalue weighted by atomic mass is 10.00. The highest BCUT2D eigenvalue weighted by Crippen LogP contribution is 2.45. The molecule has 6 atom stereocenters. The van der Waals surface area contributed by atoms with E-state index in [4.69, 9.17) is 37.0 Å². The number of carbonyl (C=O) groups is 4. The molecule has 0 aromatic rings. The summed E-state index contributed by atoms with van der Waals surface area (Å²) in [5.41, 5.74) is 0. The lowest BCUT2D eigenvalue weighted by molar-refractivity contribution is -0.161. The molecule has 3 unspecified atom stereocenters. The van der Waals surface area contributed by atoms with Gasteiger partial charge in [0.1, 0.15) is 19.3 Å². The average Bonchev–Trinajstić information content (AvgIpc) is 3.64. The van der Waals surface area contributed by atoms with Crippen molar-refractivity contribution in [3.8, 4) is 0 Å². The fourth-order valence-electron chi connectivity index (χ4n) is 10.3. The number of aliphatic hydroxyl groups excluding tert-OH is 1. The van der Waals surface area contributed by atoms with Crippen molar-refractivity contribution >= 4 is 39.5 Å². The van der Waals surface area contributed by atoms with Crippen molar-refractivity contribution in [1.82, 2.24) is 0 Å². The van der Waals surface area contributed by atoms with Crippen LogP contribution >= 0.6 is 15.6 Å². The second-order valence-corrected chi connectivity index (χ2v) is 29.5. The standard InChI is InChI=1S/C69H134O17P2/c1-9-62(8)48-40-32-26-28-34-42-50-67(72)80-56-65(86-68(73)51-43-35-23-19-14-12-10-11-13-17-21-29-37-45-59(2)3)58-84-88(77,78)82-54-63(70)53-81-87(75,76)83-57-64(55-79-66(71)49-41-33-27-25-31-39-47-61(6)7)85-69(74)52-44-36-24-20-16-15-18-22-30-38-46-60(4)5/h59-65,70H,9-58H2,1-8H3,(H,75,76)(H,77,78)/t62?,63-,64+,65+/m0/s1. The highest BCUT2D eigenvalue weighted by atomic mass is 31.2. The number of rotatable bonds is 66. The van der Waals surface area contributed by atoms with E-state index in [0.29, 0.717) is 31.6 Å². The Kier molecular flexibility index (Phi) is 57.6. The molecule has 0 heterocycles. The van der Waals surface area contributed by atoms with E-state index in [0.717, 1.165) is 120 Å². The van der Waals surface area contributed by atoms with Crippen molar-refractivity contribution in [1.29, 1.82) is 0 Å². The van der Waals surface area contributed by atoms with Crippen LogP contribution in [-0.4, -0.2) is 96.7 Å². The van der Waals surface area contributed by atoms with Gasteiger partial charge in [0.05, 0.1) is 26.4 Å². The minimum absolute atomic E-state index is 0.104. The zero-order chi connectivity index (χ0) is 65.4. The Labute approximate surface area is 537 Å². The third kappa shape index (κ3) is 61.6. The molecule has 0 bridgehead atoms. The highest BCUT2D eigenvalue weighted by Gasteiger charge is 2.30. The van der Waals surface area contributed by atoms with Crippen LogP contribution in [0.4, 0.5) is 0 Å². The Balaban J connectivity index is 5.24. The molecule has 522 valence electrons. The van der Waals surface area contributed by atoms with Gasteiger partial charge in [-0.25, -0.2) is 9.13 Å². The van der Waals surface area contributed by atoms with Crippen molar-refractivity contribution in [2.75, 3.05) is 39.6 Å². The predicted octanol–water partition coefficient (Wildman–Crippen LogP) is 19.3. The molecule has 88 heavy (non-hydrogen) atoms. The zero-order valence-electron chi connectivity index (χ0n) is 57.3. The van der Waals surface area contributed by atoms with Crippen LogP contribution in [-0.2, 0) is 65.4 Å². The Morgan fingerprint density at radius 2 is 0.545 bits per heavy atom. The number of ether oxygens (including phenoxy) is 4. The van der Waals surface area contributed by atoms with Crippen molar-refractivity contribution in [3.05, 3.63) is 0 Å². The van der Waals surface area contributed by atoms with Crippen LogP contribution in [0.3, 0.4) is 0 Å². The highest BCUT2D eigenvalue weighted by molar-refractivity contribution is 7.47. The molecule has 0 fully saturated rings. The number of phosphoric acid groups is 2. The number of hydrogen-bond acceptors (Lipinski definition) is 15. The zero-order valence-corrected chi connectivity index (χ0v) is 59.1. The minimum atomic E-state index is -4.95. The normalized spacial score (nSPS) is 14.6. The van der Waals surface area contributed by atoms with Gasteiger partial charge in [-0.1, -0.05) is 287 Å². The summed E-state index contributed by atoms with van der Waals surface area (Å²) in [6, 6.07) is 0. The van der Waals surface area contributed by atoms with Gasteiger partial charge in [0, 0.05) is 25.7 Å². The van der Waals surface area contributed by atoms with Crippen LogP contribution in [0.5, 0.6) is 0 Å². The molecule has 0 saturated carbocycles. The molecular weight excluding hydrogens is 1160 g/mol. The summed E-state index contributed by atoms with van der Waals surface area (Å²) in [7, 11) is -9.90. The summed E-state index contributed by atoms with van der Waals surface area (Å²) in [6.45, 7) is 14.0. The van der Waals surface area contributed by atoms with Gasteiger partial charge in [-0.3, -0.25) is 37.3 Å². The van der Waals surface area contributed by atoms with Gasteiger partial charge in [-0.2, -0.15) is 0 Å². The van der Waals surface area contributed by atoms with Crippen LogP contribution < -0.4 is 0 Å². The maximum absolute atomic E-state index is 13.0. The summed E-state index contributed by atoms with van der Waals surface area (Å²) in [4.78, 5) is 72.4. The molecule has 0 saturated heterocycles. The molecule has 19 heteroatoms. The van der Waals surface area contributed by atoms with Gasteiger partial charge in [0.25, 0.3) is 0 Å². The smallest absolute Gasteiger partial charge is 0.462 e. The fraction of sp³-hybridized carbons (Fsp3) is 0.942. The quantitative estimate of drug-likeness (QED) is 0.0222. The van der Waals surface area contributed by atoms with Crippen molar-refractivity contribution in [3.63, 3.8) is 0 Å². The second-order valence-electron chi connectivity index (χ2n) is 26.6. The van der Waals surface area contributed by atoms with Gasteiger partial charge in [-0.05, 0) is 49.4 Å². The van der Waals surface area contributed by atoms with Crippen LogP contribution in [0, 0.1) is 23.7 Å². The molecule has 0 amide bonds. The lowest BCUT2D eigenvalue weighted by Crippen LogP contribution is -2.30. The van der Waals surface area contributed by atoms with Crippen LogP contribution in [0.25, 0.3) is 0 Å². The minimum Gasteiger partial charge on any atom is -0.462 e. The van der Waals surface area contributed by atoms with E-state index in [9.17, 15) is 43.2 Å². The number of esters is 4. The molecule has 3 N–H and O–H groups in total. The molecule has 0 rings (SSSR count). The maximum Gasteiger partial charge on any atom is 0.472 e. The summed E-state index contributed by atoms with van der Waals surface area (Å²) in [5, 5.41) is 10.6. The van der Waals surface area contributed by atoms with E-state index < -0.39 is 97.5 Å². The van der Waals surface area contributed by atoms with E-state index in [1.807, 2.05) is 0 Å². The molecule has 0 spiro atoms. The van der Waals surface area contributed by atoms with Gasteiger partial charge >= 0.3 is 39.5 Å². The number of aliphatic hydroxyl groups is 1.